The fourth-order valence-electron chi connectivity index (χ4n) is 1.95. The van der Waals surface area contributed by atoms with Gasteiger partial charge in [-0.05, 0) is 42.2 Å². The van der Waals surface area contributed by atoms with Crippen molar-refractivity contribution in [2.75, 3.05) is 0 Å². The van der Waals surface area contributed by atoms with Crippen LogP contribution in [0.3, 0.4) is 0 Å². The Labute approximate surface area is 138 Å². The van der Waals surface area contributed by atoms with Crippen LogP contribution in [0.25, 0.3) is 5.83 Å². The molecule has 112 valence electrons. The molecule has 0 radical (unpaired) electrons. The van der Waals surface area contributed by atoms with Crippen LogP contribution in [0.15, 0.2) is 58.8 Å². The zero-order chi connectivity index (χ0) is 15.9. The molecule has 0 unspecified atom stereocenters. The fraction of sp³-hybridized carbons (Fsp3) is 0.158. The second-order valence-corrected chi connectivity index (χ2v) is 5.75. The molecule has 0 bridgehead atoms. The predicted molar refractivity (Wildman–Crippen MR) is 90.6 cm³/mol. The summed E-state index contributed by atoms with van der Waals surface area (Å²) in [7, 11) is 0. The normalized spacial score (nSPS) is 11.5. The van der Waals surface area contributed by atoms with E-state index in [-0.39, 0.29) is 5.56 Å². The van der Waals surface area contributed by atoms with Crippen LogP contribution in [0.4, 0.5) is 8.78 Å². The topological polar surface area (TPSA) is 0 Å². The van der Waals surface area contributed by atoms with Crippen LogP contribution >= 0.6 is 15.9 Å². The Hall–Kier alpha value is -1.92. The lowest BCUT2D eigenvalue weighted by atomic mass is 10.1. The van der Waals surface area contributed by atoms with Crippen molar-refractivity contribution in [2.24, 2.45) is 0 Å². The highest BCUT2D eigenvalue weighted by Crippen LogP contribution is 2.22. The summed E-state index contributed by atoms with van der Waals surface area (Å²) in [5.74, 6) is 2.89. The van der Waals surface area contributed by atoms with Crippen molar-refractivity contribution in [1.29, 1.82) is 0 Å². The molecule has 3 heteroatoms. The molecule has 0 aliphatic carbocycles. The standard InChI is InChI=1S/C19H15BrF2/c1-2-3-14-4-6-15(7-5-14)8-13-18(21)19(22)16-9-11-17(20)12-10-16/h4-7,9-12H,2-3H2,1H3. The minimum absolute atomic E-state index is 0.174. The number of benzene rings is 2. The quantitative estimate of drug-likeness (QED) is 0.583. The molecule has 0 saturated carbocycles. The molecule has 0 N–H and O–H groups in total. The Kier molecular flexibility index (Phi) is 5.91. The first-order chi connectivity index (χ1) is 10.6. The molecule has 0 heterocycles. The lowest BCUT2D eigenvalue weighted by molar-refractivity contribution is 0.635. The lowest BCUT2D eigenvalue weighted by Gasteiger charge is -1.98. The van der Waals surface area contributed by atoms with Crippen molar-refractivity contribution < 1.29 is 8.78 Å². The molecule has 0 saturated heterocycles. The molecule has 0 aliphatic rings. The van der Waals surface area contributed by atoms with Gasteiger partial charge in [0, 0.05) is 15.6 Å². The number of hydrogen-bond acceptors (Lipinski definition) is 0. The molecule has 2 aromatic rings. The second kappa shape index (κ2) is 7.91. The predicted octanol–water partition coefficient (Wildman–Crippen LogP) is 6.06. The van der Waals surface area contributed by atoms with Crippen LogP contribution in [0.2, 0.25) is 0 Å². The summed E-state index contributed by atoms with van der Waals surface area (Å²) in [5, 5.41) is 0. The molecule has 22 heavy (non-hydrogen) atoms. The van der Waals surface area contributed by atoms with E-state index >= 15 is 0 Å². The van der Waals surface area contributed by atoms with E-state index in [2.05, 4.69) is 34.7 Å². The maximum absolute atomic E-state index is 13.9. The summed E-state index contributed by atoms with van der Waals surface area (Å²) in [5.41, 5.74) is 2.05. The van der Waals surface area contributed by atoms with Crippen molar-refractivity contribution in [1.82, 2.24) is 0 Å². The van der Waals surface area contributed by atoms with E-state index in [1.165, 1.54) is 17.7 Å². The molecular weight excluding hydrogens is 346 g/mol. The van der Waals surface area contributed by atoms with Gasteiger partial charge in [0.2, 0.25) is 5.83 Å². The maximum atomic E-state index is 13.9. The maximum Gasteiger partial charge on any atom is 0.209 e. The lowest BCUT2D eigenvalue weighted by Crippen LogP contribution is -1.83. The Morgan fingerprint density at radius 3 is 2.23 bits per heavy atom. The molecule has 0 fully saturated rings. The molecule has 0 atom stereocenters. The number of allylic oxidation sites excluding steroid dienone is 1. The van der Waals surface area contributed by atoms with Crippen molar-refractivity contribution >= 4 is 21.8 Å². The van der Waals surface area contributed by atoms with E-state index in [9.17, 15) is 8.78 Å². The summed E-state index contributed by atoms with van der Waals surface area (Å²) in [6.07, 6.45) is 2.07. The van der Waals surface area contributed by atoms with Gasteiger partial charge in [0.1, 0.15) is 0 Å². The summed E-state index contributed by atoms with van der Waals surface area (Å²) in [6.45, 7) is 2.11. The van der Waals surface area contributed by atoms with Gasteiger partial charge in [-0.3, -0.25) is 0 Å². The van der Waals surface area contributed by atoms with E-state index in [1.807, 2.05) is 24.3 Å². The molecular formula is C19H15BrF2. The minimum atomic E-state index is -1.06. The third-order valence-electron chi connectivity index (χ3n) is 3.10. The largest absolute Gasteiger partial charge is 0.209 e. The highest BCUT2D eigenvalue weighted by Gasteiger charge is 2.06. The van der Waals surface area contributed by atoms with Crippen LogP contribution in [-0.4, -0.2) is 0 Å². The van der Waals surface area contributed by atoms with Crippen LogP contribution in [-0.2, 0) is 6.42 Å². The van der Waals surface area contributed by atoms with Gasteiger partial charge in [-0.1, -0.05) is 59.5 Å². The fourth-order valence-corrected chi connectivity index (χ4v) is 2.21. The summed E-state index contributed by atoms with van der Waals surface area (Å²) in [4.78, 5) is 0. The number of aryl methyl sites for hydroxylation is 1. The zero-order valence-electron chi connectivity index (χ0n) is 12.2. The first-order valence-corrected chi connectivity index (χ1v) is 7.81. The first kappa shape index (κ1) is 16.5. The molecule has 0 spiro atoms. The summed E-state index contributed by atoms with van der Waals surface area (Å²) in [6, 6.07) is 13.9. The van der Waals surface area contributed by atoms with Gasteiger partial charge < -0.3 is 0 Å². The highest BCUT2D eigenvalue weighted by molar-refractivity contribution is 9.10. The molecule has 0 aromatic heterocycles. The van der Waals surface area contributed by atoms with E-state index in [4.69, 9.17) is 0 Å². The molecule has 0 nitrogen and oxygen atoms in total. The number of hydrogen-bond donors (Lipinski definition) is 0. The Morgan fingerprint density at radius 1 is 1.00 bits per heavy atom. The highest BCUT2D eigenvalue weighted by atomic mass is 79.9. The third-order valence-corrected chi connectivity index (χ3v) is 3.63. The molecule has 0 aliphatic heterocycles. The number of rotatable bonds is 3. The van der Waals surface area contributed by atoms with Gasteiger partial charge in [-0.15, -0.1) is 0 Å². The van der Waals surface area contributed by atoms with Crippen molar-refractivity contribution in [3.05, 3.63) is 75.5 Å². The Bertz CT molecular complexity index is 717. The van der Waals surface area contributed by atoms with Crippen LogP contribution in [0.5, 0.6) is 0 Å². The van der Waals surface area contributed by atoms with Crippen molar-refractivity contribution in [3.8, 4) is 11.8 Å². The average Bonchev–Trinajstić information content (AvgIpc) is 2.54. The molecule has 0 amide bonds. The van der Waals surface area contributed by atoms with Gasteiger partial charge in [0.15, 0.2) is 5.83 Å². The average molecular weight is 361 g/mol. The van der Waals surface area contributed by atoms with Crippen LogP contribution in [0.1, 0.15) is 30.0 Å². The summed E-state index contributed by atoms with van der Waals surface area (Å²) >= 11 is 3.25. The van der Waals surface area contributed by atoms with Gasteiger partial charge in [-0.25, -0.2) is 4.39 Å². The van der Waals surface area contributed by atoms with Crippen molar-refractivity contribution in [3.63, 3.8) is 0 Å². The van der Waals surface area contributed by atoms with E-state index < -0.39 is 11.7 Å². The van der Waals surface area contributed by atoms with E-state index in [0.29, 0.717) is 5.56 Å². The molecule has 2 rings (SSSR count). The third kappa shape index (κ3) is 4.54. The SMILES string of the molecule is CCCc1ccc(C#CC(F)=C(F)c2ccc(Br)cc2)cc1. The molecule has 2 aromatic carbocycles. The smallest absolute Gasteiger partial charge is 0.202 e. The monoisotopic (exact) mass is 360 g/mol. The zero-order valence-corrected chi connectivity index (χ0v) is 13.8. The second-order valence-electron chi connectivity index (χ2n) is 4.83. The minimum Gasteiger partial charge on any atom is -0.202 e. The van der Waals surface area contributed by atoms with Gasteiger partial charge in [0.05, 0.1) is 0 Å². The van der Waals surface area contributed by atoms with Gasteiger partial charge in [-0.2, -0.15) is 4.39 Å². The summed E-state index contributed by atoms with van der Waals surface area (Å²) < 4.78 is 28.5. The van der Waals surface area contributed by atoms with Crippen LogP contribution in [0, 0.1) is 11.8 Å². The Balaban J connectivity index is 2.18. The van der Waals surface area contributed by atoms with Gasteiger partial charge in [0.25, 0.3) is 0 Å². The van der Waals surface area contributed by atoms with E-state index in [0.717, 1.165) is 17.3 Å². The van der Waals surface area contributed by atoms with E-state index in [1.54, 1.807) is 12.1 Å². The Morgan fingerprint density at radius 2 is 1.64 bits per heavy atom. The van der Waals surface area contributed by atoms with Gasteiger partial charge >= 0.3 is 0 Å². The number of halogens is 3. The van der Waals surface area contributed by atoms with Crippen molar-refractivity contribution in [2.45, 2.75) is 19.8 Å². The van der Waals surface area contributed by atoms with Crippen LogP contribution < -0.4 is 0 Å². The first-order valence-electron chi connectivity index (χ1n) is 7.02.